The van der Waals surface area contributed by atoms with Crippen molar-refractivity contribution in [1.29, 1.82) is 0 Å². The summed E-state index contributed by atoms with van der Waals surface area (Å²) in [6.45, 7) is 2.39. The minimum Gasteiger partial charge on any atom is -0.497 e. The number of hydrogen-bond acceptors (Lipinski definition) is 2. The molecule has 15 heavy (non-hydrogen) atoms. The Labute approximate surface area is 89.4 Å². The maximum Gasteiger partial charge on any atom is 0.128 e. The monoisotopic (exact) mass is 209 g/mol. The second-order valence-electron chi connectivity index (χ2n) is 4.19. The van der Waals surface area contributed by atoms with Gasteiger partial charge in [-0.3, -0.25) is 0 Å². The largest absolute Gasteiger partial charge is 0.497 e. The number of rotatable bonds is 2. The van der Waals surface area contributed by atoms with Crippen LogP contribution >= 0.6 is 0 Å². The maximum atomic E-state index is 14.0. The molecule has 0 bridgehead atoms. The molecule has 2 atom stereocenters. The number of halogens is 1. The van der Waals surface area contributed by atoms with Crippen LogP contribution < -0.4 is 10.1 Å². The summed E-state index contributed by atoms with van der Waals surface area (Å²) in [5, 5.41) is 3.18. The standard InChI is InChI=1S/C12H16FNO/c1-12(13)7-8-14-11(12)9-3-5-10(15-2)6-4-9/h3-6,11,14H,7-8H2,1-2H3. The lowest BCUT2D eigenvalue weighted by Crippen LogP contribution is -2.27. The van der Waals surface area contributed by atoms with Gasteiger partial charge in [-0.2, -0.15) is 0 Å². The maximum absolute atomic E-state index is 14.0. The molecule has 0 amide bonds. The molecule has 1 heterocycles. The van der Waals surface area contributed by atoms with Crippen LogP contribution in [0.5, 0.6) is 5.75 Å². The summed E-state index contributed by atoms with van der Waals surface area (Å²) in [7, 11) is 1.63. The van der Waals surface area contributed by atoms with E-state index in [9.17, 15) is 4.39 Å². The Hall–Kier alpha value is -1.09. The van der Waals surface area contributed by atoms with E-state index in [-0.39, 0.29) is 6.04 Å². The fourth-order valence-electron chi connectivity index (χ4n) is 2.08. The van der Waals surface area contributed by atoms with Crippen LogP contribution in [-0.2, 0) is 0 Å². The van der Waals surface area contributed by atoms with Crippen molar-refractivity contribution in [2.45, 2.75) is 25.1 Å². The summed E-state index contributed by atoms with van der Waals surface area (Å²) >= 11 is 0. The third-order valence-corrected chi connectivity index (χ3v) is 3.01. The molecule has 82 valence electrons. The smallest absolute Gasteiger partial charge is 0.128 e. The van der Waals surface area contributed by atoms with E-state index in [0.29, 0.717) is 6.42 Å². The normalized spacial score (nSPS) is 30.5. The summed E-state index contributed by atoms with van der Waals surface area (Å²) < 4.78 is 19.1. The molecule has 0 aliphatic carbocycles. The number of ether oxygens (including phenoxy) is 1. The van der Waals surface area contributed by atoms with Crippen LogP contribution in [0.2, 0.25) is 0 Å². The Kier molecular flexibility index (Phi) is 2.65. The van der Waals surface area contributed by atoms with Gasteiger partial charge < -0.3 is 10.1 Å². The zero-order valence-corrected chi connectivity index (χ0v) is 9.09. The van der Waals surface area contributed by atoms with Crippen molar-refractivity contribution in [3.8, 4) is 5.75 Å². The molecule has 0 spiro atoms. The number of benzene rings is 1. The molecule has 1 aromatic carbocycles. The predicted octanol–water partition coefficient (Wildman–Crippen LogP) is 2.46. The molecular weight excluding hydrogens is 193 g/mol. The predicted molar refractivity (Wildman–Crippen MR) is 57.9 cm³/mol. The van der Waals surface area contributed by atoms with Crippen molar-refractivity contribution in [2.75, 3.05) is 13.7 Å². The molecule has 1 aliphatic rings. The topological polar surface area (TPSA) is 21.3 Å². The Morgan fingerprint density at radius 3 is 2.53 bits per heavy atom. The summed E-state index contributed by atoms with van der Waals surface area (Å²) in [4.78, 5) is 0. The van der Waals surface area contributed by atoms with Crippen molar-refractivity contribution in [2.24, 2.45) is 0 Å². The lowest BCUT2D eigenvalue weighted by Gasteiger charge is -2.22. The average molecular weight is 209 g/mol. The highest BCUT2D eigenvalue weighted by molar-refractivity contribution is 5.31. The van der Waals surface area contributed by atoms with Gasteiger partial charge in [-0.25, -0.2) is 4.39 Å². The van der Waals surface area contributed by atoms with Crippen LogP contribution in [0.4, 0.5) is 4.39 Å². The van der Waals surface area contributed by atoms with E-state index in [1.165, 1.54) is 0 Å². The zero-order valence-electron chi connectivity index (χ0n) is 9.09. The molecule has 1 aromatic rings. The van der Waals surface area contributed by atoms with E-state index in [1.54, 1.807) is 14.0 Å². The highest BCUT2D eigenvalue weighted by atomic mass is 19.1. The zero-order chi connectivity index (χ0) is 10.9. The van der Waals surface area contributed by atoms with E-state index < -0.39 is 5.67 Å². The second-order valence-corrected chi connectivity index (χ2v) is 4.19. The first-order valence-corrected chi connectivity index (χ1v) is 5.20. The Balaban J connectivity index is 2.22. The van der Waals surface area contributed by atoms with Gasteiger partial charge in [-0.15, -0.1) is 0 Å². The lowest BCUT2D eigenvalue weighted by molar-refractivity contribution is 0.168. The lowest BCUT2D eigenvalue weighted by atomic mass is 9.93. The van der Waals surface area contributed by atoms with Crippen molar-refractivity contribution in [1.82, 2.24) is 5.32 Å². The first-order chi connectivity index (χ1) is 7.13. The van der Waals surface area contributed by atoms with Crippen LogP contribution in [-0.4, -0.2) is 19.3 Å². The number of hydrogen-bond donors (Lipinski definition) is 1. The van der Waals surface area contributed by atoms with Gasteiger partial charge in [0.25, 0.3) is 0 Å². The van der Waals surface area contributed by atoms with E-state index in [2.05, 4.69) is 5.32 Å². The first kappa shape index (κ1) is 10.4. The van der Waals surface area contributed by atoms with Gasteiger partial charge in [0.2, 0.25) is 0 Å². The van der Waals surface area contributed by atoms with Crippen LogP contribution in [0.25, 0.3) is 0 Å². The van der Waals surface area contributed by atoms with E-state index in [1.807, 2.05) is 24.3 Å². The molecule has 0 radical (unpaired) electrons. The van der Waals surface area contributed by atoms with Gasteiger partial charge in [0.05, 0.1) is 13.2 Å². The van der Waals surface area contributed by atoms with Crippen molar-refractivity contribution < 1.29 is 9.13 Å². The molecular formula is C12H16FNO. The Morgan fingerprint density at radius 1 is 1.40 bits per heavy atom. The van der Waals surface area contributed by atoms with Crippen molar-refractivity contribution in [3.05, 3.63) is 29.8 Å². The minimum absolute atomic E-state index is 0.191. The summed E-state index contributed by atoms with van der Waals surface area (Å²) in [5.41, 5.74) is -0.160. The van der Waals surface area contributed by atoms with Gasteiger partial charge >= 0.3 is 0 Å². The third-order valence-electron chi connectivity index (χ3n) is 3.01. The second kappa shape index (κ2) is 3.81. The molecule has 0 aromatic heterocycles. The quantitative estimate of drug-likeness (QED) is 0.807. The van der Waals surface area contributed by atoms with Crippen molar-refractivity contribution in [3.63, 3.8) is 0 Å². The van der Waals surface area contributed by atoms with Gasteiger partial charge in [0.1, 0.15) is 11.4 Å². The fraction of sp³-hybridized carbons (Fsp3) is 0.500. The van der Waals surface area contributed by atoms with Gasteiger partial charge in [0.15, 0.2) is 0 Å². The van der Waals surface area contributed by atoms with E-state index in [0.717, 1.165) is 17.9 Å². The minimum atomic E-state index is -1.14. The van der Waals surface area contributed by atoms with Gasteiger partial charge in [-0.1, -0.05) is 12.1 Å². The molecule has 1 N–H and O–H groups in total. The Morgan fingerprint density at radius 2 is 2.07 bits per heavy atom. The molecule has 2 unspecified atom stereocenters. The average Bonchev–Trinajstić information content (AvgIpc) is 2.58. The SMILES string of the molecule is COc1ccc(C2NCCC2(C)F)cc1. The molecule has 0 saturated carbocycles. The van der Waals surface area contributed by atoms with Crippen LogP contribution in [0.15, 0.2) is 24.3 Å². The number of methoxy groups -OCH3 is 1. The van der Waals surface area contributed by atoms with Crippen LogP contribution in [0.1, 0.15) is 24.9 Å². The molecule has 3 heteroatoms. The van der Waals surface area contributed by atoms with Crippen LogP contribution in [0, 0.1) is 0 Å². The molecule has 1 aliphatic heterocycles. The fourth-order valence-corrected chi connectivity index (χ4v) is 2.08. The highest BCUT2D eigenvalue weighted by Crippen LogP contribution is 2.36. The van der Waals surface area contributed by atoms with E-state index >= 15 is 0 Å². The van der Waals surface area contributed by atoms with E-state index in [4.69, 9.17) is 4.74 Å². The first-order valence-electron chi connectivity index (χ1n) is 5.20. The molecule has 2 nitrogen and oxygen atoms in total. The summed E-state index contributed by atoms with van der Waals surface area (Å²) in [5.74, 6) is 0.803. The van der Waals surface area contributed by atoms with Crippen molar-refractivity contribution >= 4 is 0 Å². The number of nitrogens with one attached hydrogen (secondary N) is 1. The summed E-state index contributed by atoms with van der Waals surface area (Å²) in [6.07, 6.45) is 0.573. The van der Waals surface area contributed by atoms with Gasteiger partial charge in [-0.05, 0) is 37.6 Å². The highest BCUT2D eigenvalue weighted by Gasteiger charge is 2.39. The number of alkyl halides is 1. The third kappa shape index (κ3) is 1.97. The van der Waals surface area contributed by atoms with Gasteiger partial charge in [0, 0.05) is 0 Å². The molecule has 2 rings (SSSR count). The molecule has 1 fully saturated rings. The Bertz CT molecular complexity index is 334. The van der Waals surface area contributed by atoms with Crippen LogP contribution in [0.3, 0.4) is 0 Å². The summed E-state index contributed by atoms with van der Waals surface area (Å²) in [6, 6.07) is 7.37. The molecule has 1 saturated heterocycles.